The summed E-state index contributed by atoms with van der Waals surface area (Å²) in [6.45, 7) is 1.64. The van der Waals surface area contributed by atoms with Crippen LogP contribution < -0.4 is 5.32 Å². The number of aliphatic hydroxyl groups excluding tert-OH is 1. The Balaban J connectivity index is 1.41. The molecule has 1 atom stereocenters. The van der Waals surface area contributed by atoms with Gasteiger partial charge in [0.05, 0.1) is 12.6 Å². The van der Waals surface area contributed by atoms with Gasteiger partial charge in [0.2, 0.25) is 0 Å². The lowest BCUT2D eigenvalue weighted by molar-refractivity contribution is 0.0910. The van der Waals surface area contributed by atoms with Crippen LogP contribution in [0.15, 0.2) is 48.7 Å². The third-order valence-electron chi connectivity index (χ3n) is 6.17. The Morgan fingerprint density at radius 2 is 2.12 bits per heavy atom. The Hall–Kier alpha value is -3.45. The molecule has 1 aliphatic carbocycles. The Bertz CT molecular complexity index is 1310. The van der Waals surface area contributed by atoms with Gasteiger partial charge in [0.1, 0.15) is 11.5 Å². The van der Waals surface area contributed by atoms with Gasteiger partial charge in [-0.1, -0.05) is 24.3 Å². The van der Waals surface area contributed by atoms with Gasteiger partial charge in [-0.15, -0.1) is 0 Å². The van der Waals surface area contributed by atoms with Crippen LogP contribution in [0, 0.1) is 12.7 Å². The highest BCUT2D eigenvalue weighted by atomic mass is 19.1. The Kier molecular flexibility index (Phi) is 5.27. The van der Waals surface area contributed by atoms with Crippen molar-refractivity contribution in [3.63, 3.8) is 0 Å². The number of carbonyl (C=O) groups is 1. The van der Waals surface area contributed by atoms with Crippen molar-refractivity contribution in [1.29, 1.82) is 0 Å². The fraction of sp³-hybridized carbons (Fsp3) is 0.280. The largest absolute Gasteiger partial charge is 0.394 e. The van der Waals surface area contributed by atoms with Gasteiger partial charge in [0.15, 0.2) is 5.69 Å². The van der Waals surface area contributed by atoms with Crippen LogP contribution in [0.2, 0.25) is 0 Å². The maximum absolute atomic E-state index is 14.6. The number of rotatable bonds is 6. The first-order valence-electron chi connectivity index (χ1n) is 10.9. The first-order valence-corrected chi connectivity index (χ1v) is 10.9. The molecule has 2 aromatic carbocycles. The maximum atomic E-state index is 14.6. The van der Waals surface area contributed by atoms with Gasteiger partial charge < -0.3 is 15.4 Å². The van der Waals surface area contributed by atoms with Crippen LogP contribution >= 0.6 is 0 Å². The predicted octanol–water partition coefficient (Wildman–Crippen LogP) is 3.62. The average Bonchev–Trinajstić information content (AvgIpc) is 3.49. The number of para-hydroxylation sites is 1. The minimum atomic E-state index is -0.458. The van der Waals surface area contributed by atoms with E-state index in [1.807, 2.05) is 43.5 Å². The second-order valence-electron chi connectivity index (χ2n) is 8.41. The molecule has 1 unspecified atom stereocenters. The molecule has 164 valence electrons. The lowest BCUT2D eigenvalue weighted by atomic mass is 10.0. The van der Waals surface area contributed by atoms with E-state index < -0.39 is 6.04 Å². The van der Waals surface area contributed by atoms with Crippen LogP contribution in [-0.4, -0.2) is 38.4 Å². The number of aryl methyl sites for hydroxylation is 1. The number of halogens is 1. The molecule has 32 heavy (non-hydrogen) atoms. The maximum Gasteiger partial charge on any atom is 0.272 e. The Morgan fingerprint density at radius 3 is 2.94 bits per heavy atom. The summed E-state index contributed by atoms with van der Waals surface area (Å²) in [7, 11) is 0. The summed E-state index contributed by atoms with van der Waals surface area (Å²) in [5, 5.41) is 18.4. The highest BCUT2D eigenvalue weighted by Crippen LogP contribution is 2.29. The van der Waals surface area contributed by atoms with E-state index in [4.69, 9.17) is 0 Å². The zero-order chi connectivity index (χ0) is 22.2. The minimum Gasteiger partial charge on any atom is -0.394 e. The molecule has 5 rings (SSSR count). The second-order valence-corrected chi connectivity index (χ2v) is 8.41. The molecule has 0 saturated heterocycles. The van der Waals surface area contributed by atoms with Crippen molar-refractivity contribution in [2.24, 2.45) is 0 Å². The van der Waals surface area contributed by atoms with Crippen LogP contribution in [-0.2, 0) is 19.3 Å². The number of nitrogens with zero attached hydrogens (tertiary/aromatic N) is 2. The van der Waals surface area contributed by atoms with Gasteiger partial charge >= 0.3 is 0 Å². The summed E-state index contributed by atoms with van der Waals surface area (Å²) >= 11 is 0. The van der Waals surface area contributed by atoms with Crippen LogP contribution in [0.5, 0.6) is 0 Å². The van der Waals surface area contributed by atoms with Gasteiger partial charge in [-0.05, 0) is 61.9 Å². The van der Waals surface area contributed by atoms with Crippen LogP contribution in [0.1, 0.15) is 39.3 Å². The van der Waals surface area contributed by atoms with Gasteiger partial charge in [0, 0.05) is 28.4 Å². The highest BCUT2D eigenvalue weighted by molar-refractivity contribution is 5.94. The summed E-state index contributed by atoms with van der Waals surface area (Å²) in [6.07, 6.45) is 4.78. The monoisotopic (exact) mass is 432 g/mol. The number of hydrogen-bond donors (Lipinski definition) is 3. The molecule has 7 heteroatoms. The number of aliphatic hydroxyl groups is 1. The van der Waals surface area contributed by atoms with Gasteiger partial charge in [-0.25, -0.2) is 9.07 Å². The quantitative estimate of drug-likeness (QED) is 0.435. The number of carbonyl (C=O) groups excluding carboxylic acids is 1. The zero-order valence-electron chi connectivity index (χ0n) is 17.9. The van der Waals surface area contributed by atoms with E-state index in [0.717, 1.165) is 52.5 Å². The zero-order valence-corrected chi connectivity index (χ0v) is 17.9. The molecule has 4 aromatic rings. The van der Waals surface area contributed by atoms with E-state index in [2.05, 4.69) is 15.4 Å². The Labute approximate surface area is 185 Å². The number of fused-ring (bicyclic) bond motifs is 2. The van der Waals surface area contributed by atoms with E-state index in [9.17, 15) is 14.3 Å². The van der Waals surface area contributed by atoms with Gasteiger partial charge in [-0.3, -0.25) is 4.79 Å². The second kappa shape index (κ2) is 8.24. The molecule has 2 aromatic heterocycles. The van der Waals surface area contributed by atoms with E-state index in [1.165, 1.54) is 6.07 Å². The van der Waals surface area contributed by atoms with E-state index >= 15 is 0 Å². The lowest BCUT2D eigenvalue weighted by Gasteiger charge is -2.15. The fourth-order valence-corrected chi connectivity index (χ4v) is 4.58. The molecular formula is C25H25FN4O2. The first-order chi connectivity index (χ1) is 15.5. The molecule has 0 aliphatic heterocycles. The van der Waals surface area contributed by atoms with Crippen LogP contribution in [0.3, 0.4) is 0 Å². The summed E-state index contributed by atoms with van der Waals surface area (Å²) < 4.78 is 16.2. The SMILES string of the molecule is Cc1ccc(-n2nc(C(=O)NC(CO)Cc3c[nH]c4ccccc34)c3c2CCC3)c(F)c1. The molecule has 1 aliphatic rings. The average molecular weight is 432 g/mol. The Morgan fingerprint density at radius 1 is 1.28 bits per heavy atom. The number of aromatic amines is 1. The van der Waals surface area contributed by atoms with Crippen LogP contribution in [0.4, 0.5) is 4.39 Å². The van der Waals surface area contributed by atoms with Crippen molar-refractivity contribution in [3.05, 3.63) is 82.6 Å². The molecule has 0 spiro atoms. The van der Waals surface area contributed by atoms with Gasteiger partial charge in [0.25, 0.3) is 5.91 Å². The van der Waals surface area contributed by atoms with Crippen molar-refractivity contribution < 1.29 is 14.3 Å². The van der Waals surface area contributed by atoms with Crippen molar-refractivity contribution in [2.45, 2.75) is 38.6 Å². The molecule has 0 fully saturated rings. The topological polar surface area (TPSA) is 82.9 Å². The van der Waals surface area contributed by atoms with Crippen molar-refractivity contribution in [2.75, 3.05) is 6.61 Å². The van der Waals surface area contributed by atoms with Crippen LogP contribution in [0.25, 0.3) is 16.6 Å². The summed E-state index contributed by atoms with van der Waals surface area (Å²) in [6, 6.07) is 12.5. The molecule has 0 bridgehead atoms. The molecule has 3 N–H and O–H groups in total. The number of H-pyrrole nitrogens is 1. The van der Waals surface area contributed by atoms with Gasteiger partial charge in [-0.2, -0.15) is 5.10 Å². The molecule has 1 amide bonds. The minimum absolute atomic E-state index is 0.194. The normalized spacial score (nSPS) is 14.0. The number of amides is 1. The van der Waals surface area contributed by atoms with E-state index in [-0.39, 0.29) is 18.3 Å². The highest BCUT2D eigenvalue weighted by Gasteiger charge is 2.29. The van der Waals surface area contributed by atoms with E-state index in [0.29, 0.717) is 17.8 Å². The molecular weight excluding hydrogens is 407 g/mol. The molecule has 6 nitrogen and oxygen atoms in total. The fourth-order valence-electron chi connectivity index (χ4n) is 4.58. The van der Waals surface area contributed by atoms with E-state index in [1.54, 1.807) is 10.7 Å². The third-order valence-corrected chi connectivity index (χ3v) is 6.17. The third kappa shape index (κ3) is 3.58. The lowest BCUT2D eigenvalue weighted by Crippen LogP contribution is -2.39. The summed E-state index contributed by atoms with van der Waals surface area (Å²) in [4.78, 5) is 16.4. The predicted molar refractivity (Wildman–Crippen MR) is 121 cm³/mol. The summed E-state index contributed by atoms with van der Waals surface area (Å²) in [5.41, 5.74) is 5.29. The molecule has 0 radical (unpaired) electrons. The number of aromatic nitrogens is 3. The smallest absolute Gasteiger partial charge is 0.272 e. The molecule has 0 saturated carbocycles. The number of hydrogen-bond acceptors (Lipinski definition) is 3. The standard InChI is InChI=1S/C25H25FN4O2/c1-15-9-10-23(20(26)11-15)30-22-8-4-6-19(22)24(29-30)25(32)28-17(14-31)12-16-13-27-21-7-3-2-5-18(16)21/h2-3,5,7,9-11,13,17,27,31H,4,6,8,12,14H2,1H3,(H,28,32). The number of benzene rings is 2. The summed E-state index contributed by atoms with van der Waals surface area (Å²) in [5.74, 6) is -0.699. The van der Waals surface area contributed by atoms with Crippen molar-refractivity contribution in [1.82, 2.24) is 20.1 Å². The van der Waals surface area contributed by atoms with Crippen molar-refractivity contribution >= 4 is 16.8 Å². The number of nitrogens with one attached hydrogen (secondary N) is 2. The first kappa shape index (κ1) is 20.5. The molecule has 2 heterocycles. The van der Waals surface area contributed by atoms with Crippen molar-refractivity contribution in [3.8, 4) is 5.69 Å².